The number of benzene rings is 5. The van der Waals surface area contributed by atoms with Gasteiger partial charge in [-0.15, -0.1) is 6.58 Å². The Kier molecular flexibility index (Phi) is 20.5. The molecule has 3 atom stereocenters. The van der Waals surface area contributed by atoms with Gasteiger partial charge in [-0.3, -0.25) is 14.4 Å². The molecule has 0 spiro atoms. The molecule has 0 radical (unpaired) electrons. The van der Waals surface area contributed by atoms with Crippen molar-refractivity contribution in [2.75, 3.05) is 13.2 Å². The topological polar surface area (TPSA) is 151 Å². The average molecular weight is 895 g/mol. The number of hydrogen-bond acceptors (Lipinski definition) is 7. The highest BCUT2D eigenvalue weighted by atomic mass is 19.4. The van der Waals surface area contributed by atoms with Crippen LogP contribution >= 0.6 is 0 Å². The van der Waals surface area contributed by atoms with Gasteiger partial charge in [-0.25, -0.2) is 0 Å². The first kappa shape index (κ1) is 51.5. The minimum atomic E-state index is -5.21. The molecule has 0 saturated carbocycles. The summed E-state index contributed by atoms with van der Waals surface area (Å²) < 4.78 is 78.0. The highest BCUT2D eigenvalue weighted by molar-refractivity contribution is 5.87. The molecule has 0 aliphatic carbocycles. The van der Waals surface area contributed by atoms with Gasteiger partial charge in [0.05, 0.1) is 12.0 Å². The highest BCUT2D eigenvalue weighted by Crippen LogP contribution is 2.24. The zero-order valence-electron chi connectivity index (χ0n) is 34.7. The minimum absolute atomic E-state index is 0.129. The van der Waals surface area contributed by atoms with Crippen molar-refractivity contribution in [2.24, 2.45) is 5.73 Å². The Labute approximate surface area is 372 Å². The van der Waals surface area contributed by atoms with E-state index in [1.54, 1.807) is 18.2 Å². The van der Waals surface area contributed by atoms with Crippen molar-refractivity contribution >= 4 is 29.8 Å². The predicted octanol–water partition coefficient (Wildman–Crippen LogP) is 7.18. The van der Waals surface area contributed by atoms with Crippen molar-refractivity contribution in [1.29, 1.82) is 0 Å². The second kappa shape index (κ2) is 25.9. The largest absolute Gasteiger partial charge is 0.548 e. The lowest BCUT2D eigenvalue weighted by Crippen LogP contribution is -2.54. The highest BCUT2D eigenvalue weighted by Gasteiger charge is 2.41. The first-order valence-corrected chi connectivity index (χ1v) is 19.4. The molecule has 0 bridgehead atoms. The molecule has 0 aliphatic heterocycles. The van der Waals surface area contributed by atoms with Gasteiger partial charge >= 0.3 is 30.1 Å². The number of carboxylic acids is 1. The molecule has 5 rings (SSSR count). The molecule has 0 saturated heterocycles. The number of carbonyl (C=O) groups is 4. The average Bonchev–Trinajstić information content (AvgIpc) is 3.29. The molecule has 4 N–H and O–H groups in total. The maximum atomic E-state index is 12.5. The van der Waals surface area contributed by atoms with Crippen LogP contribution < -0.4 is 21.5 Å². The van der Waals surface area contributed by atoms with Gasteiger partial charge < -0.3 is 31.0 Å². The van der Waals surface area contributed by atoms with Crippen LogP contribution in [-0.4, -0.2) is 55.3 Å². The van der Waals surface area contributed by atoms with E-state index in [2.05, 4.69) is 30.3 Å². The molecule has 0 unspecified atom stereocenters. The van der Waals surface area contributed by atoms with E-state index < -0.39 is 54.6 Å². The number of esters is 1. The summed E-state index contributed by atoms with van der Waals surface area (Å²) in [6, 6.07) is 40.6. The van der Waals surface area contributed by atoms with Crippen LogP contribution in [0.15, 0.2) is 158 Å². The normalized spacial score (nSPS) is 12.0. The molecule has 5 aromatic rings. The fourth-order valence-electron chi connectivity index (χ4n) is 5.17. The zero-order valence-corrected chi connectivity index (χ0v) is 34.7. The van der Waals surface area contributed by atoms with Crippen LogP contribution in [0, 0.1) is 23.7 Å². The first-order valence-electron chi connectivity index (χ1n) is 19.4. The van der Waals surface area contributed by atoms with Gasteiger partial charge in [0.2, 0.25) is 0 Å². The number of amides is 2. The van der Waals surface area contributed by atoms with Crippen molar-refractivity contribution in [1.82, 2.24) is 10.6 Å². The smallest absolute Gasteiger partial charge is 0.471 e. The Morgan fingerprint density at radius 3 is 1.49 bits per heavy atom. The number of ether oxygens (including phenoxy) is 1. The maximum Gasteiger partial charge on any atom is 0.471 e. The molecular weight excluding hydrogens is 853 g/mol. The third-order valence-corrected chi connectivity index (χ3v) is 8.49. The lowest BCUT2D eigenvalue weighted by molar-refractivity contribution is -0.308. The standard InChI is InChI=1S/2C21H16F3NO3.C8H11N/c1-2-17(18(19(26)27)25-20(28)21(22,23)24)16-12-10-15(11-13-16)9-8-14-6-4-3-5-7-14;22-21(23,24)20(27)25-15-19(26)28-14-4-7-17-9-12-18(13-10-17)11-8-16-5-2-1-3-6-16;1-7(9)8-5-3-2-4-6-8/h2-7,10-13,17-18H,1H2,(H,25,28)(H,26,27);1-7,9-10,12-13H,14-15H2,(H,25,27);2-7H,9H2,1H3/p-1/b;7-4+;/t17-,18-;;7-/m0.1/s1. The fourth-order valence-corrected chi connectivity index (χ4v) is 5.17. The van der Waals surface area contributed by atoms with Crippen molar-refractivity contribution in [2.45, 2.75) is 37.3 Å². The van der Waals surface area contributed by atoms with Gasteiger partial charge in [0.1, 0.15) is 13.2 Å². The summed E-state index contributed by atoms with van der Waals surface area (Å²) in [5.41, 5.74) is 11.2. The second-order valence-electron chi connectivity index (χ2n) is 13.5. The van der Waals surface area contributed by atoms with E-state index in [0.29, 0.717) is 11.1 Å². The van der Waals surface area contributed by atoms with Gasteiger partial charge in [-0.1, -0.05) is 127 Å². The van der Waals surface area contributed by atoms with Crippen LogP contribution in [-0.2, 0) is 23.9 Å². The Morgan fingerprint density at radius 2 is 1.09 bits per heavy atom. The first-order chi connectivity index (χ1) is 30.9. The van der Waals surface area contributed by atoms with Crippen LogP contribution in [0.25, 0.3) is 6.08 Å². The third kappa shape index (κ3) is 19.4. The number of nitrogens with one attached hydrogen (secondary N) is 2. The number of nitrogens with two attached hydrogens (primary N) is 1. The van der Waals surface area contributed by atoms with Gasteiger partial charge in [0.25, 0.3) is 0 Å². The molecule has 5 aromatic carbocycles. The van der Waals surface area contributed by atoms with Gasteiger partial charge in [0.15, 0.2) is 0 Å². The summed E-state index contributed by atoms with van der Waals surface area (Å²) in [5, 5.41) is 14.2. The summed E-state index contributed by atoms with van der Waals surface area (Å²) in [7, 11) is 0. The zero-order chi connectivity index (χ0) is 47.8. The Hall–Kier alpha value is -7.88. The Balaban J connectivity index is 0.000000289. The molecule has 0 aliphatic rings. The second-order valence-corrected chi connectivity index (χ2v) is 13.5. The van der Waals surface area contributed by atoms with E-state index in [1.165, 1.54) is 34.4 Å². The van der Waals surface area contributed by atoms with E-state index in [1.807, 2.05) is 122 Å². The van der Waals surface area contributed by atoms with Gasteiger partial charge in [-0.05, 0) is 78.2 Å². The molecule has 0 fully saturated rings. The molecule has 0 aromatic heterocycles. The van der Waals surface area contributed by atoms with Crippen molar-refractivity contribution < 1.29 is 55.4 Å². The number of alkyl halides is 6. The summed E-state index contributed by atoms with van der Waals surface area (Å²) in [5.74, 6) is 3.49. The monoisotopic (exact) mass is 894 g/mol. The lowest BCUT2D eigenvalue weighted by Gasteiger charge is -2.27. The van der Waals surface area contributed by atoms with Crippen LogP contribution in [0.5, 0.6) is 0 Å². The molecule has 0 heterocycles. The van der Waals surface area contributed by atoms with E-state index in [4.69, 9.17) is 10.5 Å². The van der Waals surface area contributed by atoms with Crippen molar-refractivity contribution in [3.05, 3.63) is 197 Å². The molecule has 65 heavy (non-hydrogen) atoms. The Bertz CT molecular complexity index is 2470. The van der Waals surface area contributed by atoms with Crippen LogP contribution in [0.3, 0.4) is 0 Å². The number of rotatable bonds is 11. The quantitative estimate of drug-likeness (QED) is 0.0551. The number of carbonyl (C=O) groups excluding carboxylic acids is 4. The molecule has 15 heteroatoms. The maximum absolute atomic E-state index is 12.5. The summed E-state index contributed by atoms with van der Waals surface area (Å²) in [6.45, 7) is 4.46. The van der Waals surface area contributed by atoms with Crippen LogP contribution in [0.1, 0.15) is 57.8 Å². The predicted molar refractivity (Wildman–Crippen MR) is 232 cm³/mol. The molecular formula is C50H42F6N3O6-. The minimum Gasteiger partial charge on any atom is -0.548 e. The van der Waals surface area contributed by atoms with Crippen molar-refractivity contribution in [3.63, 3.8) is 0 Å². The number of aliphatic carboxylic acids is 1. The molecule has 9 nitrogen and oxygen atoms in total. The van der Waals surface area contributed by atoms with E-state index in [0.717, 1.165) is 28.3 Å². The van der Waals surface area contributed by atoms with Gasteiger partial charge in [0, 0.05) is 34.2 Å². The van der Waals surface area contributed by atoms with Gasteiger partial charge in [-0.2, -0.15) is 26.3 Å². The summed E-state index contributed by atoms with van der Waals surface area (Å²) in [4.78, 5) is 44.3. The fraction of sp³-hybridized carbons (Fsp3) is 0.160. The third-order valence-electron chi connectivity index (χ3n) is 8.49. The molecule has 2 amide bonds. The van der Waals surface area contributed by atoms with Crippen LogP contribution in [0.4, 0.5) is 26.3 Å². The summed E-state index contributed by atoms with van der Waals surface area (Å²) >= 11 is 0. The van der Waals surface area contributed by atoms with Crippen LogP contribution in [0.2, 0.25) is 0 Å². The molecule has 336 valence electrons. The van der Waals surface area contributed by atoms with E-state index in [-0.39, 0.29) is 12.6 Å². The van der Waals surface area contributed by atoms with Crippen molar-refractivity contribution in [3.8, 4) is 23.7 Å². The number of carboxylic acid groups (broad SMARTS) is 1. The number of halogens is 6. The lowest BCUT2D eigenvalue weighted by atomic mass is 9.90. The Morgan fingerprint density at radius 1 is 0.662 bits per heavy atom. The summed E-state index contributed by atoms with van der Waals surface area (Å²) in [6.07, 6.45) is -5.87. The van der Waals surface area contributed by atoms with E-state index >= 15 is 0 Å². The number of hydrogen-bond donors (Lipinski definition) is 3. The SMILES string of the molecule is C=C[C@@H](c1ccc(C#Cc2ccccc2)cc1)[C@H](NC(=O)C(F)(F)F)C(=O)[O-].C[C@@H](N)c1ccccc1.O=C(CNC(=O)C(F)(F)F)OC/C=C/c1ccc(C#Cc2ccccc2)cc1. The van der Waals surface area contributed by atoms with E-state index in [9.17, 15) is 50.6 Å².